The maximum absolute atomic E-state index is 4.66. The molecule has 0 unspecified atom stereocenters. The molecule has 0 atom stereocenters. The van der Waals surface area contributed by atoms with Crippen LogP contribution in [0.25, 0.3) is 0 Å². The van der Waals surface area contributed by atoms with Crippen LogP contribution >= 0.6 is 0 Å². The Kier molecular flexibility index (Phi) is 53.0. The minimum atomic E-state index is -1.25. The summed E-state index contributed by atoms with van der Waals surface area (Å²) in [5.74, 6) is 8.90. The Labute approximate surface area is 733 Å². The van der Waals surface area contributed by atoms with Crippen LogP contribution in [0, 0.1) is 0 Å². The standard InChI is InChI=1S/2C45H69Si2.3C4H10O2.Cu.Li/c2*1-25(2)34-19-37(28(7)8)43(38(20-34)29(9)10)46-47(44-39(30(11)12)21-35(26(3)4)22-40(44)31(13)14)45-41(32(15)16)23-36(27(5)6)24-42(45)33(17)18;3*1-5-3-4-6-2;;/h2*19-33H,1-18H3;3*3-4H2,1-2H3;;/q2*-1;;;;2*+1. The van der Waals surface area contributed by atoms with E-state index in [0.29, 0.717) is 146 Å². The van der Waals surface area contributed by atoms with Crippen LogP contribution in [0.5, 0.6) is 0 Å². The zero-order valence-corrected chi connectivity index (χ0v) is 86.3. The van der Waals surface area contributed by atoms with Crippen LogP contribution in [-0.2, 0) is 45.5 Å². The van der Waals surface area contributed by atoms with Gasteiger partial charge in [-0.25, -0.2) is 10.4 Å². The number of hydrogen-bond donors (Lipinski definition) is 0. The molecule has 640 valence electrons. The molecule has 0 aliphatic carbocycles. The molecule has 0 amide bonds. The monoisotopic (exact) mass is 1670 g/mol. The molecular formula is C102H168CuLiO6Si4. The molecule has 0 spiro atoms. The van der Waals surface area contributed by atoms with Gasteiger partial charge in [0.25, 0.3) is 0 Å². The predicted octanol–water partition coefficient (Wildman–Crippen LogP) is 21.7. The smallest absolute Gasteiger partial charge is 0.408 e. The van der Waals surface area contributed by atoms with Gasteiger partial charge in [-0.15, -0.1) is 15.8 Å². The van der Waals surface area contributed by atoms with Crippen LogP contribution in [0.2, 0.25) is 0 Å². The minimum absolute atomic E-state index is 0. The minimum Gasteiger partial charge on any atom is -0.408 e. The fourth-order valence-corrected chi connectivity index (χ4v) is 31.3. The summed E-state index contributed by atoms with van der Waals surface area (Å²) < 4.78 is 27.9. The van der Waals surface area contributed by atoms with Crippen molar-refractivity contribution < 1.29 is 64.4 Å². The maximum atomic E-state index is 4.66. The van der Waals surface area contributed by atoms with Crippen molar-refractivity contribution in [1.82, 2.24) is 0 Å². The second kappa shape index (κ2) is 54.4. The van der Waals surface area contributed by atoms with E-state index in [4.69, 9.17) is 0 Å². The van der Waals surface area contributed by atoms with Gasteiger partial charge >= 0.3 is 35.9 Å². The van der Waals surface area contributed by atoms with Crippen molar-refractivity contribution in [2.24, 2.45) is 0 Å². The number of methoxy groups -OCH3 is 6. The molecule has 12 heteroatoms. The molecule has 0 saturated heterocycles. The van der Waals surface area contributed by atoms with E-state index >= 15 is 0 Å². The average molecular weight is 1670 g/mol. The quantitative estimate of drug-likeness (QED) is 0.0302. The van der Waals surface area contributed by atoms with E-state index in [0.717, 1.165) is 17.2 Å². The van der Waals surface area contributed by atoms with Crippen molar-refractivity contribution in [3.8, 4) is 0 Å². The fraction of sp³-hybridized carbons (Fsp3) is 0.647. The molecule has 6 rings (SSSR count). The topological polar surface area (TPSA) is 55.4 Å². The Morgan fingerprint density at radius 2 is 0.298 bits per heavy atom. The summed E-state index contributed by atoms with van der Waals surface area (Å²) in [4.78, 5) is 0. The zero-order valence-electron chi connectivity index (χ0n) is 81.3. The molecule has 6 aromatic carbocycles. The first-order chi connectivity index (χ1) is 52.3. The Bertz CT molecular complexity index is 3270. The number of rotatable bonds is 33. The molecule has 0 aromatic heterocycles. The van der Waals surface area contributed by atoms with Crippen molar-refractivity contribution in [1.29, 1.82) is 0 Å². The van der Waals surface area contributed by atoms with E-state index in [-0.39, 0.29) is 35.9 Å². The molecule has 0 N–H and O–H groups in total. The summed E-state index contributed by atoms with van der Waals surface area (Å²) in [6, 6.07) is 31.3. The third kappa shape index (κ3) is 32.5. The second-order valence-electron chi connectivity index (χ2n) is 37.2. The Morgan fingerprint density at radius 3 is 0.386 bits per heavy atom. The van der Waals surface area contributed by atoms with E-state index in [9.17, 15) is 0 Å². The van der Waals surface area contributed by atoms with Crippen molar-refractivity contribution in [2.75, 3.05) is 82.3 Å². The summed E-state index contributed by atoms with van der Waals surface area (Å²) >= 11 is 0. The second-order valence-corrected chi connectivity index (χ2v) is 46.7. The summed E-state index contributed by atoms with van der Waals surface area (Å²) in [5.41, 5.74) is 28.2. The van der Waals surface area contributed by atoms with Gasteiger partial charge in [-0.1, -0.05) is 365 Å². The Morgan fingerprint density at radius 1 is 0.193 bits per heavy atom. The van der Waals surface area contributed by atoms with Crippen molar-refractivity contribution in [3.05, 3.63) is 173 Å². The molecule has 6 aromatic rings. The molecular weight excluding hydrogens is 1500 g/mol. The van der Waals surface area contributed by atoms with Crippen LogP contribution in [0.4, 0.5) is 0 Å². The Balaban J connectivity index is 0.00000181. The van der Waals surface area contributed by atoms with E-state index < -0.39 is 15.8 Å². The number of hydrogen-bond acceptors (Lipinski definition) is 6. The molecule has 0 aliphatic rings. The molecule has 0 heterocycles. The van der Waals surface area contributed by atoms with Gasteiger partial charge in [-0.3, -0.25) is 0 Å². The summed E-state index contributed by atoms with van der Waals surface area (Å²) in [6.45, 7) is 91.1. The van der Waals surface area contributed by atoms with Crippen molar-refractivity contribution in [3.63, 3.8) is 0 Å². The summed E-state index contributed by atoms with van der Waals surface area (Å²) in [5, 5.41) is 10.2. The molecule has 0 saturated carbocycles. The number of benzene rings is 6. The van der Waals surface area contributed by atoms with Crippen LogP contribution < -0.4 is 50.0 Å². The fourth-order valence-electron chi connectivity index (χ4n) is 14.4. The van der Waals surface area contributed by atoms with E-state index in [2.05, 4.69) is 350 Å². The van der Waals surface area contributed by atoms with Gasteiger partial charge in [-0.05, 0) is 184 Å². The van der Waals surface area contributed by atoms with Crippen LogP contribution in [0.3, 0.4) is 0 Å². The van der Waals surface area contributed by atoms with E-state index in [1.807, 2.05) is 0 Å². The summed E-state index contributed by atoms with van der Waals surface area (Å²) in [6.07, 6.45) is 0. The van der Waals surface area contributed by atoms with Gasteiger partial charge in [-0.2, -0.15) is 0 Å². The average Bonchev–Trinajstić information content (AvgIpc) is 0.753. The van der Waals surface area contributed by atoms with Crippen LogP contribution in [0.15, 0.2) is 72.8 Å². The normalized spacial score (nSPS) is 11.7. The maximum Gasteiger partial charge on any atom is 1.00 e. The first kappa shape index (κ1) is 111. The van der Waals surface area contributed by atoms with E-state index in [1.165, 1.54) is 33.4 Å². The predicted molar refractivity (Wildman–Crippen MR) is 504 cm³/mol. The largest absolute Gasteiger partial charge is 1.00 e. The van der Waals surface area contributed by atoms with Crippen LogP contribution in [-0.4, -0.2) is 115 Å². The van der Waals surface area contributed by atoms with Crippen molar-refractivity contribution in [2.45, 2.75) is 356 Å². The SMILES string of the molecule is CC(C)c1cc(C(C)C)c([Si-]=[Si](c2c(C(C)C)cc(C(C)C)cc2C(C)C)c2c(C(C)C)cc(C(C)C)cc2C(C)C)c(C(C)C)c1.CC(C)c1cc(C(C)C)c([Si-]=[Si](c2c(C(C)C)cc(C(C)C)cc2C(C)C)c2c(C(C)C)cc(C(C)C)cc2C(C)C)c(C(C)C)c1.COCCOC.COCCOC.COCCOC.[Cu+].[Li+]. The van der Waals surface area contributed by atoms with Crippen molar-refractivity contribution >= 4 is 64.1 Å². The third-order valence-electron chi connectivity index (χ3n) is 21.8. The zero-order chi connectivity index (χ0) is 85.8. The van der Waals surface area contributed by atoms with Gasteiger partial charge in [0.05, 0.1) is 39.6 Å². The Hall–Kier alpha value is -2.94. The third-order valence-corrected chi connectivity index (χ3v) is 34.2. The van der Waals surface area contributed by atoms with Gasteiger partial charge in [0, 0.05) is 42.7 Å². The molecule has 114 heavy (non-hydrogen) atoms. The summed E-state index contributed by atoms with van der Waals surface area (Å²) in [7, 11) is 8.94. The molecule has 0 aliphatic heterocycles. The molecule has 6 nitrogen and oxygen atoms in total. The van der Waals surface area contributed by atoms with Gasteiger partial charge in [0.1, 0.15) is 0 Å². The van der Waals surface area contributed by atoms with Gasteiger partial charge in [0.2, 0.25) is 0 Å². The first-order valence-electron chi connectivity index (χ1n) is 43.6. The number of ether oxygens (including phenoxy) is 6. The molecule has 0 fully saturated rings. The van der Waals surface area contributed by atoms with Gasteiger partial charge in [0.15, 0.2) is 0 Å². The first-order valence-corrected chi connectivity index (χ1v) is 50.6. The molecule has 0 bridgehead atoms. The van der Waals surface area contributed by atoms with E-state index in [1.54, 1.807) is 141 Å². The van der Waals surface area contributed by atoms with Crippen LogP contribution in [0.1, 0.15) is 456 Å². The molecule has 0 radical (unpaired) electrons. The van der Waals surface area contributed by atoms with Gasteiger partial charge < -0.3 is 45.6 Å².